The van der Waals surface area contributed by atoms with Gasteiger partial charge in [0.25, 0.3) is 0 Å². The molecule has 0 aliphatic carbocycles. The van der Waals surface area contributed by atoms with Crippen LogP contribution in [-0.4, -0.2) is 18.1 Å². The fourth-order valence-corrected chi connectivity index (χ4v) is 2.08. The van der Waals surface area contributed by atoms with Crippen LogP contribution in [0.4, 0.5) is 0 Å². The zero-order chi connectivity index (χ0) is 12.8. The van der Waals surface area contributed by atoms with Crippen LogP contribution in [-0.2, 0) is 6.42 Å². The minimum Gasteiger partial charge on any atom is -0.316 e. The molecule has 0 bridgehead atoms. The van der Waals surface area contributed by atoms with Crippen LogP contribution in [0.5, 0.6) is 0 Å². The Labute approximate surface area is 109 Å². The van der Waals surface area contributed by atoms with Crippen molar-refractivity contribution in [1.29, 1.82) is 0 Å². The predicted molar refractivity (Wildman–Crippen MR) is 77.8 cm³/mol. The number of fused-ring (bicyclic) bond motifs is 1. The van der Waals surface area contributed by atoms with Gasteiger partial charge >= 0.3 is 0 Å². The van der Waals surface area contributed by atoms with Crippen molar-refractivity contribution in [3.05, 3.63) is 42.1 Å². The van der Waals surface area contributed by atoms with Gasteiger partial charge in [0.2, 0.25) is 0 Å². The molecule has 1 atom stereocenters. The van der Waals surface area contributed by atoms with E-state index in [1.54, 1.807) is 0 Å². The quantitative estimate of drug-likeness (QED) is 0.785. The van der Waals surface area contributed by atoms with E-state index in [0.29, 0.717) is 0 Å². The molecule has 2 nitrogen and oxygen atoms in total. The van der Waals surface area contributed by atoms with Gasteiger partial charge in [0, 0.05) is 11.6 Å². The number of pyridine rings is 1. The third-order valence-electron chi connectivity index (χ3n) is 3.48. The van der Waals surface area contributed by atoms with Gasteiger partial charge < -0.3 is 5.32 Å². The van der Waals surface area contributed by atoms with Gasteiger partial charge in [0.15, 0.2) is 0 Å². The molecule has 1 N–H and O–H groups in total. The number of rotatable bonds is 6. The fraction of sp³-hybridized carbons (Fsp3) is 0.438. The van der Waals surface area contributed by atoms with Crippen molar-refractivity contribution in [3.8, 4) is 0 Å². The first-order valence-electron chi connectivity index (χ1n) is 6.84. The predicted octanol–water partition coefficient (Wildman–Crippen LogP) is 3.41. The van der Waals surface area contributed by atoms with Crippen LogP contribution in [0.2, 0.25) is 0 Å². The summed E-state index contributed by atoms with van der Waals surface area (Å²) in [4.78, 5) is 4.48. The number of hydrogen-bond acceptors (Lipinski definition) is 2. The van der Waals surface area contributed by atoms with E-state index >= 15 is 0 Å². The van der Waals surface area contributed by atoms with E-state index in [-0.39, 0.29) is 0 Å². The Hall–Kier alpha value is -1.41. The Morgan fingerprint density at radius 3 is 2.89 bits per heavy atom. The molecule has 0 fully saturated rings. The van der Waals surface area contributed by atoms with Crippen LogP contribution in [0.1, 0.15) is 25.8 Å². The molecule has 1 unspecified atom stereocenters. The number of hydrogen-bond donors (Lipinski definition) is 1. The van der Waals surface area contributed by atoms with Crippen LogP contribution in [0.15, 0.2) is 36.5 Å². The Balaban J connectivity index is 1.95. The second kappa shape index (κ2) is 6.50. The smallest absolute Gasteiger partial charge is 0.0734 e. The molecule has 2 heteroatoms. The number of aromatic nitrogens is 1. The largest absolute Gasteiger partial charge is 0.316 e. The van der Waals surface area contributed by atoms with Crippen molar-refractivity contribution in [1.82, 2.24) is 10.3 Å². The summed E-state index contributed by atoms with van der Waals surface area (Å²) in [5.41, 5.74) is 2.48. The maximum Gasteiger partial charge on any atom is 0.0734 e. The summed E-state index contributed by atoms with van der Waals surface area (Å²) in [7, 11) is 0. The summed E-state index contributed by atoms with van der Waals surface area (Å²) in [6.45, 7) is 6.65. The van der Waals surface area contributed by atoms with E-state index in [1.165, 1.54) is 17.4 Å². The number of nitrogens with zero attached hydrogens (tertiary/aromatic N) is 1. The molecule has 96 valence electrons. The Kier molecular flexibility index (Phi) is 4.71. The summed E-state index contributed by atoms with van der Waals surface area (Å²) in [6, 6.07) is 10.5. The van der Waals surface area contributed by atoms with Crippen LogP contribution in [0.25, 0.3) is 10.9 Å². The molecule has 18 heavy (non-hydrogen) atoms. The van der Waals surface area contributed by atoms with E-state index in [4.69, 9.17) is 0 Å². The lowest BCUT2D eigenvalue weighted by molar-refractivity contribution is 0.502. The minimum absolute atomic E-state index is 0.760. The number of nitrogens with one attached hydrogen (secondary N) is 1. The molecule has 0 amide bonds. The number of para-hydroxylation sites is 1. The monoisotopic (exact) mass is 242 g/mol. The molecule has 1 aromatic heterocycles. The summed E-state index contributed by atoms with van der Waals surface area (Å²) >= 11 is 0. The second-order valence-electron chi connectivity index (χ2n) is 4.96. The molecule has 0 aliphatic rings. The highest BCUT2D eigenvalue weighted by molar-refractivity contribution is 5.81. The van der Waals surface area contributed by atoms with Gasteiger partial charge in [0.05, 0.1) is 5.52 Å². The summed E-state index contributed by atoms with van der Waals surface area (Å²) < 4.78 is 0. The first-order valence-corrected chi connectivity index (χ1v) is 6.84. The van der Waals surface area contributed by atoms with Crippen molar-refractivity contribution >= 4 is 10.9 Å². The maximum absolute atomic E-state index is 4.48. The molecule has 0 saturated carbocycles. The average molecular weight is 242 g/mol. The topological polar surface area (TPSA) is 24.9 Å². The van der Waals surface area contributed by atoms with Crippen molar-refractivity contribution in [2.75, 3.05) is 13.1 Å². The first-order chi connectivity index (χ1) is 8.81. The van der Waals surface area contributed by atoms with Gasteiger partial charge in [-0.25, -0.2) is 0 Å². The second-order valence-corrected chi connectivity index (χ2v) is 4.96. The maximum atomic E-state index is 4.48. The van der Waals surface area contributed by atoms with Gasteiger partial charge in [-0.3, -0.25) is 4.98 Å². The van der Waals surface area contributed by atoms with Gasteiger partial charge in [-0.05, 0) is 37.1 Å². The molecule has 2 rings (SSSR count). The Morgan fingerprint density at radius 1 is 1.22 bits per heavy atom. The first kappa shape index (κ1) is 13.0. The van der Waals surface area contributed by atoms with Crippen LogP contribution >= 0.6 is 0 Å². The highest BCUT2D eigenvalue weighted by Crippen LogP contribution is 2.15. The molecule has 2 aromatic rings. The Bertz CT molecular complexity index is 488. The third kappa shape index (κ3) is 3.30. The van der Waals surface area contributed by atoms with Gasteiger partial charge in [0.1, 0.15) is 0 Å². The zero-order valence-electron chi connectivity index (χ0n) is 11.3. The summed E-state index contributed by atoms with van der Waals surface area (Å²) in [5.74, 6) is 0.760. The standard InChI is InChI=1S/C16H22N2/c1-3-13(2)12-17-11-9-15-7-4-6-14-8-5-10-18-16(14)15/h4-8,10,13,17H,3,9,11-12H2,1-2H3. The highest BCUT2D eigenvalue weighted by atomic mass is 14.8. The fourth-order valence-electron chi connectivity index (χ4n) is 2.08. The third-order valence-corrected chi connectivity index (χ3v) is 3.48. The molecular weight excluding hydrogens is 220 g/mol. The average Bonchev–Trinajstić information content (AvgIpc) is 2.43. The molecule has 0 spiro atoms. The molecule has 0 aliphatic heterocycles. The minimum atomic E-state index is 0.760. The number of benzene rings is 1. The van der Waals surface area contributed by atoms with Crippen LogP contribution in [0, 0.1) is 5.92 Å². The lowest BCUT2D eigenvalue weighted by Crippen LogP contribution is -2.23. The molecule has 1 aromatic carbocycles. The molecule has 0 radical (unpaired) electrons. The van der Waals surface area contributed by atoms with Crippen molar-refractivity contribution in [3.63, 3.8) is 0 Å². The van der Waals surface area contributed by atoms with Crippen LogP contribution < -0.4 is 5.32 Å². The van der Waals surface area contributed by atoms with E-state index in [0.717, 1.165) is 30.9 Å². The zero-order valence-corrected chi connectivity index (χ0v) is 11.3. The van der Waals surface area contributed by atoms with E-state index < -0.39 is 0 Å². The van der Waals surface area contributed by atoms with Crippen molar-refractivity contribution in [2.24, 2.45) is 5.92 Å². The van der Waals surface area contributed by atoms with E-state index in [2.05, 4.69) is 48.4 Å². The van der Waals surface area contributed by atoms with E-state index in [9.17, 15) is 0 Å². The lowest BCUT2D eigenvalue weighted by atomic mass is 10.1. The molecule has 1 heterocycles. The highest BCUT2D eigenvalue weighted by Gasteiger charge is 2.02. The van der Waals surface area contributed by atoms with Gasteiger partial charge in [-0.2, -0.15) is 0 Å². The Morgan fingerprint density at radius 2 is 2.06 bits per heavy atom. The van der Waals surface area contributed by atoms with Gasteiger partial charge in [-0.1, -0.05) is 44.5 Å². The lowest BCUT2D eigenvalue weighted by Gasteiger charge is -2.10. The van der Waals surface area contributed by atoms with Crippen LogP contribution in [0.3, 0.4) is 0 Å². The molecule has 0 saturated heterocycles. The van der Waals surface area contributed by atoms with Crippen molar-refractivity contribution < 1.29 is 0 Å². The van der Waals surface area contributed by atoms with Gasteiger partial charge in [-0.15, -0.1) is 0 Å². The summed E-state index contributed by atoms with van der Waals surface area (Å²) in [5, 5.41) is 4.75. The normalized spacial score (nSPS) is 12.8. The van der Waals surface area contributed by atoms with Crippen molar-refractivity contribution in [2.45, 2.75) is 26.7 Å². The summed E-state index contributed by atoms with van der Waals surface area (Å²) in [6.07, 6.45) is 4.16. The molecular formula is C16H22N2. The van der Waals surface area contributed by atoms with E-state index in [1.807, 2.05) is 12.3 Å². The SMILES string of the molecule is CCC(C)CNCCc1cccc2cccnc12.